The Bertz CT molecular complexity index is 511. The Morgan fingerprint density at radius 2 is 2.20 bits per heavy atom. The van der Waals surface area contributed by atoms with Gasteiger partial charge in [-0.3, -0.25) is 0 Å². The van der Waals surface area contributed by atoms with Gasteiger partial charge in [0.2, 0.25) is 10.0 Å². The molecule has 0 radical (unpaired) electrons. The van der Waals surface area contributed by atoms with E-state index < -0.39 is 10.0 Å². The molecule has 1 rings (SSSR count). The van der Waals surface area contributed by atoms with Crippen molar-refractivity contribution < 1.29 is 13.2 Å². The van der Waals surface area contributed by atoms with Crippen LogP contribution in [0.1, 0.15) is 24.6 Å². The second-order valence-electron chi connectivity index (χ2n) is 4.44. The fourth-order valence-corrected chi connectivity index (χ4v) is 5.80. The first-order chi connectivity index (χ1) is 9.44. The van der Waals surface area contributed by atoms with Crippen molar-refractivity contribution in [2.24, 2.45) is 0 Å². The van der Waals surface area contributed by atoms with Crippen LogP contribution in [0.3, 0.4) is 0 Å². The fourth-order valence-electron chi connectivity index (χ4n) is 1.85. The van der Waals surface area contributed by atoms with E-state index in [4.69, 9.17) is 4.74 Å². The Hall–Kier alpha value is 0.01000. The molecule has 0 amide bonds. The quantitative estimate of drug-likeness (QED) is 0.685. The highest BCUT2D eigenvalue weighted by Crippen LogP contribution is 2.31. The standard InChI is InChI=1S/C12H21BrN2O3S2/c1-4-5-9(8-18-3)15-20(16,17)11-6-10(7-14-2)19-12(11)13/h6,9,14-15H,4-5,7-8H2,1-3H3. The maximum absolute atomic E-state index is 12.4. The first-order valence-electron chi connectivity index (χ1n) is 6.38. The van der Waals surface area contributed by atoms with Crippen molar-refractivity contribution in [1.82, 2.24) is 10.0 Å². The van der Waals surface area contributed by atoms with Gasteiger partial charge in [0.25, 0.3) is 0 Å². The summed E-state index contributed by atoms with van der Waals surface area (Å²) in [6.07, 6.45) is 1.64. The van der Waals surface area contributed by atoms with Gasteiger partial charge in [-0.25, -0.2) is 13.1 Å². The number of nitrogens with one attached hydrogen (secondary N) is 2. The van der Waals surface area contributed by atoms with E-state index in [9.17, 15) is 8.42 Å². The van der Waals surface area contributed by atoms with Gasteiger partial charge in [0.05, 0.1) is 10.4 Å². The van der Waals surface area contributed by atoms with Crippen LogP contribution in [0.25, 0.3) is 0 Å². The molecule has 0 fully saturated rings. The van der Waals surface area contributed by atoms with E-state index >= 15 is 0 Å². The molecule has 1 aromatic rings. The number of ether oxygens (including phenoxy) is 1. The molecule has 0 aliphatic heterocycles. The summed E-state index contributed by atoms with van der Waals surface area (Å²) in [5, 5.41) is 3.01. The molecule has 0 aliphatic rings. The van der Waals surface area contributed by atoms with Crippen LogP contribution >= 0.6 is 27.3 Å². The third kappa shape index (κ3) is 5.09. The molecule has 116 valence electrons. The molecule has 0 saturated carbocycles. The zero-order valence-electron chi connectivity index (χ0n) is 11.9. The summed E-state index contributed by atoms with van der Waals surface area (Å²) in [6.45, 7) is 3.04. The SMILES string of the molecule is CCCC(COC)NS(=O)(=O)c1cc(CNC)sc1Br. The highest BCUT2D eigenvalue weighted by atomic mass is 79.9. The van der Waals surface area contributed by atoms with Crippen molar-refractivity contribution >= 4 is 37.3 Å². The molecule has 0 aromatic carbocycles. The summed E-state index contributed by atoms with van der Waals surface area (Å²) in [4.78, 5) is 1.27. The summed E-state index contributed by atoms with van der Waals surface area (Å²) in [5.41, 5.74) is 0. The van der Waals surface area contributed by atoms with E-state index in [0.29, 0.717) is 21.8 Å². The largest absolute Gasteiger partial charge is 0.383 e. The minimum Gasteiger partial charge on any atom is -0.383 e. The molecular weight excluding hydrogens is 364 g/mol. The lowest BCUT2D eigenvalue weighted by atomic mass is 10.2. The van der Waals surface area contributed by atoms with Crippen LogP contribution in [-0.4, -0.2) is 35.2 Å². The molecule has 8 heteroatoms. The lowest BCUT2D eigenvalue weighted by Gasteiger charge is -2.16. The predicted molar refractivity (Wildman–Crippen MR) is 85.7 cm³/mol. The van der Waals surface area contributed by atoms with Crippen molar-refractivity contribution in [2.75, 3.05) is 20.8 Å². The minimum absolute atomic E-state index is 0.199. The van der Waals surface area contributed by atoms with Gasteiger partial charge in [0.15, 0.2) is 0 Å². The summed E-state index contributed by atoms with van der Waals surface area (Å²) >= 11 is 4.75. The molecular formula is C12H21BrN2O3S2. The molecule has 1 aromatic heterocycles. The number of rotatable bonds is 9. The predicted octanol–water partition coefficient (Wildman–Crippen LogP) is 2.32. The first kappa shape index (κ1) is 18.1. The maximum atomic E-state index is 12.4. The zero-order chi connectivity index (χ0) is 15.2. The summed E-state index contributed by atoms with van der Waals surface area (Å²) < 4.78 is 33.2. The van der Waals surface area contributed by atoms with Gasteiger partial charge in [0.1, 0.15) is 4.90 Å². The lowest BCUT2D eigenvalue weighted by Crippen LogP contribution is -2.37. The number of hydrogen-bond donors (Lipinski definition) is 2. The molecule has 20 heavy (non-hydrogen) atoms. The van der Waals surface area contributed by atoms with Crippen LogP contribution < -0.4 is 10.0 Å². The molecule has 0 saturated heterocycles. The molecule has 1 heterocycles. The number of halogens is 1. The van der Waals surface area contributed by atoms with E-state index in [2.05, 4.69) is 26.0 Å². The Morgan fingerprint density at radius 3 is 2.75 bits per heavy atom. The van der Waals surface area contributed by atoms with Gasteiger partial charge in [-0.05, 0) is 35.5 Å². The average molecular weight is 385 g/mol. The number of methoxy groups -OCH3 is 1. The Balaban J connectivity index is 2.91. The van der Waals surface area contributed by atoms with Crippen LogP contribution in [0.4, 0.5) is 0 Å². The van der Waals surface area contributed by atoms with Gasteiger partial charge < -0.3 is 10.1 Å². The van der Waals surface area contributed by atoms with Crippen molar-refractivity contribution in [3.63, 3.8) is 0 Å². The lowest BCUT2D eigenvalue weighted by molar-refractivity contribution is 0.171. The topological polar surface area (TPSA) is 67.4 Å². The van der Waals surface area contributed by atoms with Crippen LogP contribution in [0.15, 0.2) is 14.7 Å². The van der Waals surface area contributed by atoms with Gasteiger partial charge >= 0.3 is 0 Å². The molecule has 0 spiro atoms. The van der Waals surface area contributed by atoms with Gasteiger partial charge in [-0.2, -0.15) is 0 Å². The third-order valence-electron chi connectivity index (χ3n) is 2.67. The van der Waals surface area contributed by atoms with E-state index in [1.54, 1.807) is 13.2 Å². The highest BCUT2D eigenvalue weighted by Gasteiger charge is 2.24. The van der Waals surface area contributed by atoms with Crippen LogP contribution in [0, 0.1) is 0 Å². The molecule has 0 bridgehead atoms. The average Bonchev–Trinajstić information content (AvgIpc) is 2.72. The van der Waals surface area contributed by atoms with E-state index in [1.807, 2.05) is 14.0 Å². The molecule has 0 aliphatic carbocycles. The van der Waals surface area contributed by atoms with Crippen molar-refractivity contribution in [3.05, 3.63) is 14.7 Å². The molecule has 5 nitrogen and oxygen atoms in total. The summed E-state index contributed by atoms with van der Waals surface area (Å²) in [5.74, 6) is 0. The van der Waals surface area contributed by atoms with E-state index in [0.717, 1.165) is 17.7 Å². The number of hydrogen-bond acceptors (Lipinski definition) is 5. The van der Waals surface area contributed by atoms with E-state index in [-0.39, 0.29) is 6.04 Å². The summed E-state index contributed by atoms with van der Waals surface area (Å²) in [7, 11) is -0.125. The van der Waals surface area contributed by atoms with Crippen molar-refractivity contribution in [2.45, 2.75) is 37.2 Å². The van der Waals surface area contributed by atoms with Gasteiger partial charge in [0, 0.05) is 24.6 Å². The fraction of sp³-hybridized carbons (Fsp3) is 0.667. The summed E-state index contributed by atoms with van der Waals surface area (Å²) in [6, 6.07) is 1.50. The minimum atomic E-state index is -3.53. The van der Waals surface area contributed by atoms with Gasteiger partial charge in [-0.1, -0.05) is 13.3 Å². The monoisotopic (exact) mass is 384 g/mol. The Labute approximate surface area is 133 Å². The third-order valence-corrected chi connectivity index (χ3v) is 6.45. The maximum Gasteiger partial charge on any atom is 0.242 e. The first-order valence-corrected chi connectivity index (χ1v) is 9.48. The normalized spacial score (nSPS) is 13.6. The Morgan fingerprint density at radius 1 is 1.50 bits per heavy atom. The second kappa shape index (κ2) is 8.45. The van der Waals surface area contributed by atoms with Crippen LogP contribution in [-0.2, 0) is 21.3 Å². The molecule has 2 N–H and O–H groups in total. The van der Waals surface area contributed by atoms with Crippen LogP contribution in [0.2, 0.25) is 0 Å². The van der Waals surface area contributed by atoms with Crippen LogP contribution in [0.5, 0.6) is 0 Å². The second-order valence-corrected chi connectivity index (χ2v) is 8.58. The van der Waals surface area contributed by atoms with Gasteiger partial charge in [-0.15, -0.1) is 11.3 Å². The zero-order valence-corrected chi connectivity index (χ0v) is 15.1. The van der Waals surface area contributed by atoms with E-state index in [1.165, 1.54) is 11.3 Å². The molecule has 1 atom stereocenters. The highest BCUT2D eigenvalue weighted by molar-refractivity contribution is 9.11. The molecule has 1 unspecified atom stereocenters. The number of thiophene rings is 1. The van der Waals surface area contributed by atoms with Crippen molar-refractivity contribution in [1.29, 1.82) is 0 Å². The smallest absolute Gasteiger partial charge is 0.242 e. The Kier molecular flexibility index (Phi) is 7.63. The van der Waals surface area contributed by atoms with Crippen molar-refractivity contribution in [3.8, 4) is 0 Å². The number of sulfonamides is 1.